The molecule has 1 atom stereocenters. The maximum Gasteiger partial charge on any atom is 0.273 e. The smallest absolute Gasteiger partial charge is 0.273 e. The van der Waals surface area contributed by atoms with Crippen LogP contribution in [0.1, 0.15) is 23.7 Å². The maximum absolute atomic E-state index is 12.5. The molecule has 29 heavy (non-hydrogen) atoms. The highest BCUT2D eigenvalue weighted by molar-refractivity contribution is 7.98. The highest BCUT2D eigenvalue weighted by atomic mass is 32.2. The lowest BCUT2D eigenvalue weighted by Gasteiger charge is -2.24. The van der Waals surface area contributed by atoms with Gasteiger partial charge in [-0.15, -0.1) is 0 Å². The van der Waals surface area contributed by atoms with Crippen LogP contribution in [-0.4, -0.2) is 34.4 Å². The van der Waals surface area contributed by atoms with Crippen LogP contribution in [0.25, 0.3) is 10.9 Å². The van der Waals surface area contributed by atoms with Gasteiger partial charge in [-0.05, 0) is 31.5 Å². The number of fused-ring (bicyclic) bond motifs is 1. The Balaban J connectivity index is 2.03. The van der Waals surface area contributed by atoms with Gasteiger partial charge in [-0.2, -0.15) is 11.8 Å². The van der Waals surface area contributed by atoms with E-state index in [2.05, 4.69) is 0 Å². The summed E-state index contributed by atoms with van der Waals surface area (Å²) in [5, 5.41) is 22.8. The van der Waals surface area contributed by atoms with Crippen molar-refractivity contribution < 1.29 is 18.4 Å². The summed E-state index contributed by atoms with van der Waals surface area (Å²) >= 11 is 1.48. The van der Waals surface area contributed by atoms with Crippen LogP contribution < -0.4 is 0 Å². The Kier molecular flexibility index (Phi) is 5.75. The number of hydrogen-bond donors (Lipinski definition) is 1. The van der Waals surface area contributed by atoms with Gasteiger partial charge >= 0.3 is 0 Å². The topological polar surface area (TPSA) is 102 Å². The van der Waals surface area contributed by atoms with E-state index in [-0.39, 0.29) is 17.1 Å². The quantitative estimate of drug-likeness (QED) is 0.448. The predicted octanol–water partition coefficient (Wildman–Crippen LogP) is 3.81. The lowest BCUT2D eigenvalue weighted by Crippen LogP contribution is -2.30. The van der Waals surface area contributed by atoms with Crippen LogP contribution >= 0.6 is 11.8 Å². The van der Waals surface area contributed by atoms with Crippen molar-refractivity contribution in [3.05, 3.63) is 75.5 Å². The second kappa shape index (κ2) is 7.81. The molecule has 1 unspecified atom stereocenters. The number of rotatable bonds is 7. The van der Waals surface area contributed by atoms with Gasteiger partial charge in [0.05, 0.1) is 22.4 Å². The Labute approximate surface area is 173 Å². The second-order valence-corrected chi connectivity index (χ2v) is 10.1. The van der Waals surface area contributed by atoms with Gasteiger partial charge in [0.25, 0.3) is 5.69 Å². The Morgan fingerprint density at radius 3 is 2.45 bits per heavy atom. The summed E-state index contributed by atoms with van der Waals surface area (Å²) in [6.45, 7) is 3.12. The van der Waals surface area contributed by atoms with E-state index < -0.39 is 20.5 Å². The van der Waals surface area contributed by atoms with Gasteiger partial charge < -0.3 is 5.11 Å². The standard InChI is InChI=1S/C20H22N2O5S2/c1-14-9-18-16(10-17(14)22(24)25)11-19(21(18)29(3,26)27)20(2,23)13-28-12-15-7-5-4-6-8-15/h4-11,23H,12-13H2,1-3H3. The van der Waals surface area contributed by atoms with Gasteiger partial charge in [0.15, 0.2) is 0 Å². The third-order valence-electron chi connectivity index (χ3n) is 4.65. The van der Waals surface area contributed by atoms with Gasteiger partial charge in [0.2, 0.25) is 10.0 Å². The number of hydrogen-bond acceptors (Lipinski definition) is 6. The van der Waals surface area contributed by atoms with Gasteiger partial charge in [0, 0.05) is 28.5 Å². The zero-order valence-corrected chi connectivity index (χ0v) is 18.0. The fourth-order valence-corrected chi connectivity index (χ4v) is 5.47. The van der Waals surface area contributed by atoms with E-state index in [1.54, 1.807) is 13.8 Å². The third-order valence-corrected chi connectivity index (χ3v) is 7.01. The first kappa shape index (κ1) is 21.4. The number of aromatic nitrogens is 1. The van der Waals surface area contributed by atoms with Crippen molar-refractivity contribution in [2.45, 2.75) is 25.2 Å². The van der Waals surface area contributed by atoms with Crippen molar-refractivity contribution in [3.63, 3.8) is 0 Å². The maximum atomic E-state index is 12.5. The molecule has 0 aliphatic carbocycles. The predicted molar refractivity (Wildman–Crippen MR) is 116 cm³/mol. The zero-order chi connectivity index (χ0) is 21.4. The Hall–Kier alpha value is -2.36. The molecule has 0 aliphatic heterocycles. The first-order chi connectivity index (χ1) is 13.5. The molecule has 154 valence electrons. The van der Waals surface area contributed by atoms with Crippen LogP contribution in [0.3, 0.4) is 0 Å². The molecule has 1 N–H and O–H groups in total. The van der Waals surface area contributed by atoms with Crippen molar-refractivity contribution in [2.24, 2.45) is 0 Å². The molecule has 2 aromatic carbocycles. The summed E-state index contributed by atoms with van der Waals surface area (Å²) in [6.07, 6.45) is 1.06. The average molecular weight is 435 g/mol. The molecular weight excluding hydrogens is 412 g/mol. The highest BCUT2D eigenvalue weighted by Crippen LogP contribution is 2.35. The number of nitro benzene ring substituents is 1. The normalized spacial score (nSPS) is 14.1. The Morgan fingerprint density at radius 2 is 1.86 bits per heavy atom. The van der Waals surface area contributed by atoms with Crippen LogP contribution in [0.5, 0.6) is 0 Å². The zero-order valence-electron chi connectivity index (χ0n) is 16.3. The molecule has 7 nitrogen and oxygen atoms in total. The molecule has 1 aromatic heterocycles. The van der Waals surface area contributed by atoms with Crippen LogP contribution in [-0.2, 0) is 21.4 Å². The molecule has 3 aromatic rings. The number of aliphatic hydroxyl groups is 1. The summed E-state index contributed by atoms with van der Waals surface area (Å²) in [5.41, 5.74) is 0.421. The van der Waals surface area contributed by atoms with Gasteiger partial charge in [0.1, 0.15) is 5.60 Å². The van der Waals surface area contributed by atoms with E-state index in [9.17, 15) is 23.6 Å². The van der Waals surface area contributed by atoms with Crippen molar-refractivity contribution >= 4 is 38.4 Å². The van der Waals surface area contributed by atoms with E-state index in [0.29, 0.717) is 22.2 Å². The lowest BCUT2D eigenvalue weighted by atomic mass is 10.1. The second-order valence-electron chi connectivity index (χ2n) is 7.26. The Morgan fingerprint density at radius 1 is 1.21 bits per heavy atom. The fraction of sp³-hybridized carbons (Fsp3) is 0.300. The molecule has 0 amide bonds. The average Bonchev–Trinajstić information content (AvgIpc) is 3.01. The number of nitrogens with zero attached hydrogens (tertiary/aromatic N) is 2. The lowest BCUT2D eigenvalue weighted by molar-refractivity contribution is -0.385. The van der Waals surface area contributed by atoms with Gasteiger partial charge in [-0.25, -0.2) is 12.4 Å². The SMILES string of the molecule is Cc1cc2c(cc1[N+](=O)[O-])cc(C(C)(O)CSCc1ccccc1)n2S(C)(=O)=O. The summed E-state index contributed by atoms with van der Waals surface area (Å²) in [4.78, 5) is 10.8. The summed E-state index contributed by atoms with van der Waals surface area (Å²) in [5.74, 6) is 0.926. The minimum Gasteiger partial charge on any atom is -0.383 e. The third kappa shape index (κ3) is 4.47. The Bertz CT molecular complexity index is 1170. The van der Waals surface area contributed by atoms with E-state index >= 15 is 0 Å². The highest BCUT2D eigenvalue weighted by Gasteiger charge is 2.32. The molecule has 0 fully saturated rings. The monoisotopic (exact) mass is 434 g/mol. The van der Waals surface area contributed by atoms with Crippen LogP contribution in [0.4, 0.5) is 5.69 Å². The van der Waals surface area contributed by atoms with Crippen LogP contribution in [0.15, 0.2) is 48.5 Å². The molecule has 9 heteroatoms. The molecule has 0 saturated heterocycles. The van der Waals surface area contributed by atoms with Crippen molar-refractivity contribution in [2.75, 3.05) is 12.0 Å². The van der Waals surface area contributed by atoms with E-state index in [4.69, 9.17) is 0 Å². The van der Waals surface area contributed by atoms with Crippen LogP contribution in [0, 0.1) is 17.0 Å². The molecule has 0 spiro atoms. The van der Waals surface area contributed by atoms with Gasteiger partial charge in [-0.3, -0.25) is 10.1 Å². The fourth-order valence-electron chi connectivity index (χ4n) is 3.27. The van der Waals surface area contributed by atoms with Crippen molar-refractivity contribution in [1.82, 2.24) is 3.97 Å². The van der Waals surface area contributed by atoms with E-state index in [1.807, 2.05) is 30.3 Å². The molecule has 0 saturated carbocycles. The summed E-state index contributed by atoms with van der Waals surface area (Å²) < 4.78 is 26.1. The summed E-state index contributed by atoms with van der Waals surface area (Å²) in [6, 6.07) is 14.1. The minimum atomic E-state index is -3.75. The summed E-state index contributed by atoms with van der Waals surface area (Å²) in [7, 11) is -3.75. The van der Waals surface area contributed by atoms with E-state index in [0.717, 1.165) is 15.8 Å². The first-order valence-corrected chi connectivity index (χ1v) is 11.9. The van der Waals surface area contributed by atoms with Gasteiger partial charge in [-0.1, -0.05) is 30.3 Å². The molecule has 3 rings (SSSR count). The minimum absolute atomic E-state index is 0.0900. The van der Waals surface area contributed by atoms with E-state index in [1.165, 1.54) is 30.0 Å². The van der Waals surface area contributed by atoms with Crippen molar-refractivity contribution in [1.29, 1.82) is 0 Å². The first-order valence-electron chi connectivity index (χ1n) is 8.86. The number of benzene rings is 2. The number of thioether (sulfide) groups is 1. The molecule has 0 bridgehead atoms. The number of nitro groups is 1. The largest absolute Gasteiger partial charge is 0.383 e. The van der Waals surface area contributed by atoms with Crippen LogP contribution in [0.2, 0.25) is 0 Å². The molecule has 0 aliphatic rings. The van der Waals surface area contributed by atoms with Crippen molar-refractivity contribution in [3.8, 4) is 0 Å². The molecule has 1 heterocycles. The number of aryl methyl sites for hydroxylation is 1. The molecular formula is C20H22N2O5S2. The molecule has 0 radical (unpaired) electrons.